The Morgan fingerprint density at radius 3 is 2.67 bits per heavy atom. The lowest BCUT2D eigenvalue weighted by atomic mass is 9.89. The summed E-state index contributed by atoms with van der Waals surface area (Å²) in [6.07, 6.45) is 9.07. The van der Waals surface area contributed by atoms with Gasteiger partial charge in [0, 0.05) is 5.56 Å². The van der Waals surface area contributed by atoms with E-state index in [0.29, 0.717) is 12.6 Å². The Kier molecular flexibility index (Phi) is 4.95. The van der Waals surface area contributed by atoms with Gasteiger partial charge in [0.2, 0.25) is 0 Å². The van der Waals surface area contributed by atoms with Gasteiger partial charge in [-0.1, -0.05) is 54.8 Å². The topological polar surface area (TPSA) is 61.2 Å². The van der Waals surface area contributed by atoms with Crippen LogP contribution in [0, 0.1) is 5.92 Å². The van der Waals surface area contributed by atoms with E-state index in [1.54, 1.807) is 0 Å². The highest BCUT2D eigenvalue weighted by Gasteiger charge is 2.48. The first-order valence-corrected chi connectivity index (χ1v) is 10.3. The van der Waals surface area contributed by atoms with E-state index in [4.69, 9.17) is 9.47 Å². The molecule has 5 rings (SSSR count). The number of ether oxygens (including phenoxy) is 2. The highest BCUT2D eigenvalue weighted by Crippen LogP contribution is 2.34. The van der Waals surface area contributed by atoms with E-state index in [0.717, 1.165) is 30.3 Å². The number of hydrogen-bond donors (Lipinski definition) is 1. The SMILES string of the molecule is c1ccc(-c2cn([C@@H]3CO[C@@H]4[C@@H]3OC[C@@H]4NCC3CCCCC3)nn2)cc1. The maximum absolute atomic E-state index is 6.14. The van der Waals surface area contributed by atoms with E-state index in [2.05, 4.69) is 27.8 Å². The van der Waals surface area contributed by atoms with Gasteiger partial charge >= 0.3 is 0 Å². The van der Waals surface area contributed by atoms with Crippen LogP contribution in [0.3, 0.4) is 0 Å². The smallest absolute Gasteiger partial charge is 0.113 e. The molecule has 1 aromatic heterocycles. The molecule has 1 aliphatic carbocycles. The molecule has 144 valence electrons. The van der Waals surface area contributed by atoms with Crippen molar-refractivity contribution >= 4 is 0 Å². The first-order chi connectivity index (χ1) is 13.4. The Labute approximate surface area is 160 Å². The number of nitrogens with one attached hydrogen (secondary N) is 1. The molecular weight excluding hydrogens is 340 g/mol. The number of benzene rings is 1. The first-order valence-electron chi connectivity index (χ1n) is 10.3. The molecule has 1 N–H and O–H groups in total. The summed E-state index contributed by atoms with van der Waals surface area (Å²) in [4.78, 5) is 0. The molecule has 27 heavy (non-hydrogen) atoms. The molecule has 2 saturated heterocycles. The summed E-state index contributed by atoms with van der Waals surface area (Å²) < 4.78 is 14.2. The van der Waals surface area contributed by atoms with Crippen LogP contribution in [0.5, 0.6) is 0 Å². The summed E-state index contributed by atoms with van der Waals surface area (Å²) in [6.45, 7) is 2.44. The predicted molar refractivity (Wildman–Crippen MR) is 102 cm³/mol. The number of rotatable bonds is 5. The molecule has 4 atom stereocenters. The van der Waals surface area contributed by atoms with Gasteiger partial charge in [0.1, 0.15) is 23.9 Å². The van der Waals surface area contributed by atoms with E-state index in [1.807, 2.05) is 29.1 Å². The van der Waals surface area contributed by atoms with Crippen LogP contribution in [0.15, 0.2) is 36.5 Å². The van der Waals surface area contributed by atoms with Crippen molar-refractivity contribution in [1.29, 1.82) is 0 Å². The molecule has 1 aromatic carbocycles. The summed E-state index contributed by atoms with van der Waals surface area (Å²) in [6, 6.07) is 10.5. The second-order valence-electron chi connectivity index (χ2n) is 8.13. The second kappa shape index (κ2) is 7.70. The van der Waals surface area contributed by atoms with Gasteiger partial charge < -0.3 is 14.8 Å². The third kappa shape index (κ3) is 3.53. The molecule has 2 aromatic rings. The average molecular weight is 368 g/mol. The van der Waals surface area contributed by atoms with Crippen LogP contribution in [0.4, 0.5) is 0 Å². The lowest BCUT2D eigenvalue weighted by Gasteiger charge is -2.25. The van der Waals surface area contributed by atoms with Gasteiger partial charge in [-0.05, 0) is 25.3 Å². The van der Waals surface area contributed by atoms with E-state index in [9.17, 15) is 0 Å². The van der Waals surface area contributed by atoms with Crippen LogP contribution in [0.1, 0.15) is 38.1 Å². The van der Waals surface area contributed by atoms with Gasteiger partial charge in [-0.2, -0.15) is 0 Å². The summed E-state index contributed by atoms with van der Waals surface area (Å²) in [5, 5.41) is 12.4. The van der Waals surface area contributed by atoms with Crippen molar-refractivity contribution in [2.24, 2.45) is 5.92 Å². The molecular formula is C21H28N4O2. The summed E-state index contributed by atoms with van der Waals surface area (Å²) in [7, 11) is 0. The Bertz CT molecular complexity index is 744. The van der Waals surface area contributed by atoms with Gasteiger partial charge in [0.05, 0.1) is 25.5 Å². The molecule has 0 unspecified atom stereocenters. The minimum atomic E-state index is 0.0548. The van der Waals surface area contributed by atoms with E-state index in [-0.39, 0.29) is 18.2 Å². The van der Waals surface area contributed by atoms with Gasteiger partial charge in [0.25, 0.3) is 0 Å². The molecule has 0 amide bonds. The fourth-order valence-electron chi connectivity index (χ4n) is 4.77. The molecule has 0 radical (unpaired) electrons. The van der Waals surface area contributed by atoms with Crippen molar-refractivity contribution in [2.75, 3.05) is 19.8 Å². The van der Waals surface area contributed by atoms with E-state index in [1.165, 1.54) is 32.1 Å². The van der Waals surface area contributed by atoms with E-state index < -0.39 is 0 Å². The van der Waals surface area contributed by atoms with Gasteiger partial charge in [-0.25, -0.2) is 4.68 Å². The quantitative estimate of drug-likeness (QED) is 0.879. The van der Waals surface area contributed by atoms with Gasteiger partial charge in [0.15, 0.2) is 0 Å². The van der Waals surface area contributed by atoms with Gasteiger partial charge in [-0.15, -0.1) is 5.10 Å². The zero-order valence-corrected chi connectivity index (χ0v) is 15.7. The van der Waals surface area contributed by atoms with E-state index >= 15 is 0 Å². The normalized spacial score (nSPS) is 31.3. The minimum absolute atomic E-state index is 0.0548. The lowest BCUT2D eigenvalue weighted by molar-refractivity contribution is 0.0618. The second-order valence-corrected chi connectivity index (χ2v) is 8.13. The number of nitrogens with zero attached hydrogens (tertiary/aromatic N) is 3. The molecule has 3 fully saturated rings. The summed E-state index contributed by atoms with van der Waals surface area (Å²) in [5.41, 5.74) is 1.97. The van der Waals surface area contributed by atoms with Crippen molar-refractivity contribution in [3.63, 3.8) is 0 Å². The predicted octanol–water partition coefficient (Wildman–Crippen LogP) is 2.82. The third-order valence-corrected chi connectivity index (χ3v) is 6.34. The molecule has 3 heterocycles. The Balaban J connectivity index is 1.22. The third-order valence-electron chi connectivity index (χ3n) is 6.34. The van der Waals surface area contributed by atoms with Crippen LogP contribution in [0.2, 0.25) is 0 Å². The fraction of sp³-hybridized carbons (Fsp3) is 0.619. The van der Waals surface area contributed by atoms with Crippen molar-refractivity contribution < 1.29 is 9.47 Å². The van der Waals surface area contributed by atoms with Gasteiger partial charge in [-0.3, -0.25) is 0 Å². The lowest BCUT2D eigenvalue weighted by Crippen LogP contribution is -2.43. The monoisotopic (exact) mass is 368 g/mol. The van der Waals surface area contributed by atoms with Crippen LogP contribution in [-0.4, -0.2) is 53.0 Å². The maximum atomic E-state index is 6.14. The molecule has 2 aliphatic heterocycles. The highest BCUT2D eigenvalue weighted by molar-refractivity contribution is 5.57. The standard InChI is InChI=1S/C21H28N4O2/c1-3-7-15(8-4-1)11-22-18-13-26-21-19(14-27-20(18)21)25-12-17(23-24-25)16-9-5-2-6-10-16/h2,5-6,9-10,12,15,18-22H,1,3-4,7-8,11,13-14H2/t18-,19+,20-,21+/m0/s1. The zero-order valence-electron chi connectivity index (χ0n) is 15.7. The van der Waals surface area contributed by atoms with Crippen molar-refractivity contribution in [1.82, 2.24) is 20.3 Å². The fourth-order valence-corrected chi connectivity index (χ4v) is 4.77. The Hall–Kier alpha value is -1.76. The van der Waals surface area contributed by atoms with Crippen molar-refractivity contribution in [3.05, 3.63) is 36.5 Å². The van der Waals surface area contributed by atoms with Crippen molar-refractivity contribution in [2.45, 2.75) is 56.4 Å². The molecule has 1 saturated carbocycles. The molecule has 6 nitrogen and oxygen atoms in total. The molecule has 3 aliphatic rings. The number of hydrogen-bond acceptors (Lipinski definition) is 5. The summed E-state index contributed by atoms with van der Waals surface area (Å²) >= 11 is 0. The number of aromatic nitrogens is 3. The Morgan fingerprint density at radius 1 is 1.00 bits per heavy atom. The molecule has 0 spiro atoms. The molecule has 6 heteroatoms. The van der Waals surface area contributed by atoms with Crippen LogP contribution < -0.4 is 5.32 Å². The van der Waals surface area contributed by atoms with Crippen LogP contribution >= 0.6 is 0 Å². The zero-order chi connectivity index (χ0) is 18.1. The summed E-state index contributed by atoms with van der Waals surface area (Å²) in [5.74, 6) is 0.818. The minimum Gasteiger partial charge on any atom is -0.371 e. The largest absolute Gasteiger partial charge is 0.371 e. The van der Waals surface area contributed by atoms with Crippen LogP contribution in [0.25, 0.3) is 11.3 Å². The number of fused-ring (bicyclic) bond motifs is 1. The first kappa shape index (κ1) is 17.3. The average Bonchev–Trinajstić information content (AvgIpc) is 3.44. The van der Waals surface area contributed by atoms with Crippen LogP contribution in [-0.2, 0) is 9.47 Å². The highest BCUT2D eigenvalue weighted by atomic mass is 16.6. The Morgan fingerprint density at radius 2 is 1.81 bits per heavy atom. The maximum Gasteiger partial charge on any atom is 0.113 e. The van der Waals surface area contributed by atoms with Crippen molar-refractivity contribution in [3.8, 4) is 11.3 Å². The molecule has 0 bridgehead atoms.